The highest BCUT2D eigenvalue weighted by Crippen LogP contribution is 2.31. The molecule has 3 nitrogen and oxygen atoms in total. The molecule has 1 fully saturated rings. The van der Waals surface area contributed by atoms with Gasteiger partial charge in [-0.25, -0.2) is 9.38 Å². The van der Waals surface area contributed by atoms with Crippen LogP contribution in [0.5, 0.6) is 0 Å². The summed E-state index contributed by atoms with van der Waals surface area (Å²) < 4.78 is 13.5. The van der Waals surface area contributed by atoms with Gasteiger partial charge in [-0.1, -0.05) is 11.6 Å². The molecule has 0 saturated heterocycles. The molecule has 3 N–H and O–H groups in total. The van der Waals surface area contributed by atoms with E-state index in [1.165, 1.54) is 12.1 Å². The van der Waals surface area contributed by atoms with Crippen LogP contribution < -0.4 is 11.1 Å². The third kappa shape index (κ3) is 2.86. The summed E-state index contributed by atoms with van der Waals surface area (Å²) in [6.07, 6.45) is 2.14. The van der Waals surface area contributed by atoms with Crippen molar-refractivity contribution in [3.8, 4) is 0 Å². The molecule has 1 aromatic rings. The van der Waals surface area contributed by atoms with Crippen molar-refractivity contribution in [3.05, 3.63) is 27.4 Å². The second-order valence-corrected chi connectivity index (χ2v) is 4.88. The number of nitrogens with zero attached hydrogens (tertiary/aromatic N) is 1. The average Bonchev–Trinajstić information content (AvgIpc) is 2.95. The Hall–Kier alpha value is -0.810. The summed E-state index contributed by atoms with van der Waals surface area (Å²) in [5.41, 5.74) is 6.22. The molecule has 0 aliphatic heterocycles. The van der Waals surface area contributed by atoms with Crippen LogP contribution >= 0.6 is 27.5 Å². The molecule has 86 valence electrons. The van der Waals surface area contributed by atoms with Crippen molar-refractivity contribution in [2.45, 2.75) is 18.9 Å². The van der Waals surface area contributed by atoms with Crippen LogP contribution in [-0.4, -0.2) is 12.0 Å². The van der Waals surface area contributed by atoms with E-state index in [1.54, 1.807) is 0 Å². The number of guanidine groups is 1. The second-order valence-electron chi connectivity index (χ2n) is 3.61. The Morgan fingerprint density at radius 1 is 1.56 bits per heavy atom. The smallest absolute Gasteiger partial charge is 0.193 e. The van der Waals surface area contributed by atoms with Crippen LogP contribution in [0.2, 0.25) is 5.02 Å². The first-order chi connectivity index (χ1) is 7.56. The van der Waals surface area contributed by atoms with E-state index in [4.69, 9.17) is 17.3 Å². The van der Waals surface area contributed by atoms with Crippen molar-refractivity contribution >= 4 is 39.2 Å². The van der Waals surface area contributed by atoms with Gasteiger partial charge in [0.25, 0.3) is 0 Å². The zero-order valence-electron chi connectivity index (χ0n) is 8.30. The van der Waals surface area contributed by atoms with Crippen molar-refractivity contribution in [1.82, 2.24) is 0 Å². The first kappa shape index (κ1) is 11.7. The van der Waals surface area contributed by atoms with Gasteiger partial charge in [-0.05, 0) is 40.9 Å². The Kier molecular flexibility index (Phi) is 3.35. The molecule has 0 amide bonds. The highest BCUT2D eigenvalue weighted by molar-refractivity contribution is 9.10. The van der Waals surface area contributed by atoms with E-state index < -0.39 is 5.82 Å². The van der Waals surface area contributed by atoms with Crippen LogP contribution in [0, 0.1) is 5.82 Å². The number of hydrogen-bond acceptors (Lipinski definition) is 1. The fourth-order valence-electron chi connectivity index (χ4n) is 1.22. The first-order valence-corrected chi connectivity index (χ1v) is 5.98. The molecule has 6 heteroatoms. The van der Waals surface area contributed by atoms with E-state index in [9.17, 15) is 4.39 Å². The molecule has 1 aromatic carbocycles. The fraction of sp³-hybridized carbons (Fsp3) is 0.300. The predicted molar refractivity (Wildman–Crippen MR) is 67.4 cm³/mol. The third-order valence-electron chi connectivity index (χ3n) is 2.13. The summed E-state index contributed by atoms with van der Waals surface area (Å²) in [7, 11) is 0. The number of hydrogen-bond donors (Lipinski definition) is 2. The van der Waals surface area contributed by atoms with E-state index in [1.807, 2.05) is 0 Å². The van der Waals surface area contributed by atoms with E-state index in [2.05, 4.69) is 26.2 Å². The maximum atomic E-state index is 13.0. The fourth-order valence-corrected chi connectivity index (χ4v) is 2.12. The lowest BCUT2D eigenvalue weighted by Gasteiger charge is -2.09. The highest BCUT2D eigenvalue weighted by atomic mass is 79.9. The van der Waals surface area contributed by atoms with Crippen LogP contribution in [0.1, 0.15) is 12.8 Å². The van der Waals surface area contributed by atoms with E-state index in [0.717, 1.165) is 12.8 Å². The van der Waals surface area contributed by atoms with Gasteiger partial charge in [0, 0.05) is 4.47 Å². The lowest BCUT2D eigenvalue weighted by molar-refractivity contribution is 0.627. The number of anilines is 1. The number of halogens is 3. The van der Waals surface area contributed by atoms with Crippen molar-refractivity contribution in [2.24, 2.45) is 10.7 Å². The maximum Gasteiger partial charge on any atom is 0.193 e. The van der Waals surface area contributed by atoms with Gasteiger partial charge in [0.2, 0.25) is 0 Å². The predicted octanol–water partition coefficient (Wildman–Crippen LogP) is 3.13. The summed E-state index contributed by atoms with van der Waals surface area (Å²) in [5.74, 6) is -0.100. The first-order valence-electron chi connectivity index (χ1n) is 4.81. The topological polar surface area (TPSA) is 50.4 Å². The molecule has 0 bridgehead atoms. The van der Waals surface area contributed by atoms with Gasteiger partial charge in [0.15, 0.2) is 5.96 Å². The Labute approximate surface area is 106 Å². The van der Waals surface area contributed by atoms with Gasteiger partial charge >= 0.3 is 0 Å². The van der Waals surface area contributed by atoms with Crippen molar-refractivity contribution < 1.29 is 4.39 Å². The molecule has 0 radical (unpaired) electrons. The van der Waals surface area contributed by atoms with Crippen LogP contribution in [0.3, 0.4) is 0 Å². The third-order valence-corrected chi connectivity index (χ3v) is 3.05. The molecule has 0 atom stereocenters. The van der Waals surface area contributed by atoms with Gasteiger partial charge in [-0.3, -0.25) is 0 Å². The van der Waals surface area contributed by atoms with Crippen LogP contribution in [-0.2, 0) is 0 Å². The second kappa shape index (κ2) is 4.59. The zero-order valence-corrected chi connectivity index (χ0v) is 10.6. The summed E-state index contributed by atoms with van der Waals surface area (Å²) >= 11 is 9.10. The van der Waals surface area contributed by atoms with Crippen LogP contribution in [0.15, 0.2) is 21.6 Å². The Balaban J connectivity index is 2.20. The Morgan fingerprint density at radius 3 is 2.81 bits per heavy atom. The van der Waals surface area contributed by atoms with Gasteiger partial charge in [0.1, 0.15) is 5.82 Å². The SMILES string of the molecule is NC(=NC1CC1)Nc1c(Cl)cc(F)cc1Br. The monoisotopic (exact) mass is 305 g/mol. The Bertz CT molecular complexity index is 423. The standard InChI is InChI=1S/C10H10BrClFN3/c11-7-3-5(13)4-8(12)9(7)16-10(14)15-6-1-2-6/h3-4,6H,1-2H2,(H3,14,15,16). The summed E-state index contributed by atoms with van der Waals surface area (Å²) in [6, 6.07) is 2.86. The number of rotatable bonds is 2. The largest absolute Gasteiger partial charge is 0.370 e. The molecule has 1 saturated carbocycles. The molecule has 1 aliphatic carbocycles. The van der Waals surface area contributed by atoms with Crippen molar-refractivity contribution in [1.29, 1.82) is 0 Å². The number of nitrogens with two attached hydrogens (primary N) is 1. The number of benzene rings is 1. The van der Waals surface area contributed by atoms with Crippen LogP contribution in [0.4, 0.5) is 10.1 Å². The number of aliphatic imine (C=N–C) groups is 1. The normalized spacial score (nSPS) is 16.3. The summed E-state index contributed by atoms with van der Waals surface area (Å²) in [4.78, 5) is 4.20. The highest BCUT2D eigenvalue weighted by Gasteiger charge is 2.20. The van der Waals surface area contributed by atoms with Gasteiger partial charge in [0.05, 0.1) is 16.8 Å². The van der Waals surface area contributed by atoms with Gasteiger partial charge in [-0.2, -0.15) is 0 Å². The van der Waals surface area contributed by atoms with Crippen molar-refractivity contribution in [2.75, 3.05) is 5.32 Å². The molecule has 0 spiro atoms. The molecule has 0 heterocycles. The average molecular weight is 307 g/mol. The molecule has 16 heavy (non-hydrogen) atoms. The summed E-state index contributed by atoms with van der Waals surface area (Å²) in [6.45, 7) is 0. The van der Waals surface area contributed by atoms with Crippen LogP contribution in [0.25, 0.3) is 0 Å². The zero-order chi connectivity index (χ0) is 11.7. The molecular weight excluding hydrogens is 296 g/mol. The minimum Gasteiger partial charge on any atom is -0.370 e. The lowest BCUT2D eigenvalue weighted by atomic mass is 10.3. The summed E-state index contributed by atoms with van der Waals surface area (Å²) in [5, 5.41) is 3.12. The number of nitrogens with one attached hydrogen (secondary N) is 1. The Morgan fingerprint density at radius 2 is 2.25 bits per heavy atom. The lowest BCUT2D eigenvalue weighted by Crippen LogP contribution is -2.23. The molecule has 2 rings (SSSR count). The van der Waals surface area contributed by atoms with Gasteiger partial charge in [-0.15, -0.1) is 0 Å². The van der Waals surface area contributed by atoms with E-state index >= 15 is 0 Å². The quantitative estimate of drug-likeness (QED) is 0.651. The molecule has 1 aliphatic rings. The molecular formula is C10H10BrClFN3. The maximum absolute atomic E-state index is 13.0. The molecule has 0 unspecified atom stereocenters. The van der Waals surface area contributed by atoms with E-state index in [-0.39, 0.29) is 5.02 Å². The minimum atomic E-state index is -0.403. The van der Waals surface area contributed by atoms with Gasteiger partial charge < -0.3 is 11.1 Å². The minimum absolute atomic E-state index is 0.265. The molecule has 0 aromatic heterocycles. The van der Waals surface area contributed by atoms with E-state index in [0.29, 0.717) is 22.2 Å². The van der Waals surface area contributed by atoms with Crippen molar-refractivity contribution in [3.63, 3.8) is 0 Å².